The highest BCUT2D eigenvalue weighted by atomic mass is 31.2. The van der Waals surface area contributed by atoms with Gasteiger partial charge in [-0.25, -0.2) is 4.57 Å². The number of aryl methyl sites for hydroxylation is 1. The first kappa shape index (κ1) is 56.8. The summed E-state index contributed by atoms with van der Waals surface area (Å²) >= 11 is 0. The molecular weight excluding hydrogens is 960 g/mol. The molecule has 5 aliphatic carbocycles. The molecule has 8 rings (SSSR count). The SMILES string of the molecule is CC[N+](CC)(CC(=O)CC(=O)[C@H]1[C@H]2O[C@H](C3CCCCC3)OC2C2C3CCC4=CC(=O)C=C[C@]4(C)C3C(O)C[C@@]21C)Cc1cc(C(O)CNCCCCCCOCCCCc2ccccc2)ccc1OP(=O)(O)O. The molecule has 0 spiro atoms. The molecule has 14 nitrogen and oxygen atoms in total. The first-order chi connectivity index (χ1) is 35.5. The van der Waals surface area contributed by atoms with Crippen LogP contribution in [0.1, 0.15) is 147 Å². The number of benzene rings is 2. The number of ketones is 3. The van der Waals surface area contributed by atoms with Crippen LogP contribution in [-0.4, -0.2) is 112 Å². The summed E-state index contributed by atoms with van der Waals surface area (Å²) < 4.78 is 37.4. The van der Waals surface area contributed by atoms with E-state index in [-0.39, 0.29) is 83.4 Å². The number of quaternary nitrogens is 1. The number of aliphatic hydroxyl groups excluding tert-OH is 2. The Morgan fingerprint density at radius 3 is 2.35 bits per heavy atom. The molecule has 408 valence electrons. The van der Waals surface area contributed by atoms with Crippen LogP contribution >= 0.6 is 7.82 Å². The standard InChI is InChI=1S/C59H85N2O12P/c1-5-61(6-2,38-43-33-42(24-27-51(43)73-74(67,68)69)50(66)37-60-30-16-7-8-17-31-70-32-18-15-21-40-19-11-9-12-20-40)39-46(63)35-48(64)54-56-55(71-57(72-56)41-22-13-10-14-23-41)53-47-26-25-44-34-45(62)28-29-58(44,3)52(47)49(65)36-59(53,54)4/h9,11-12,19-20,24,27-29,33-34,41,47,49-50,52-57,60,65-66H,5-8,10,13-18,21-23,25-26,30-32,35-39H2,1-4H3,(H-,67,68,69)/p+1/t47?,49?,50?,52?,53?,54-,55?,56+,57+,58-,59-/m0/s1. The zero-order valence-electron chi connectivity index (χ0n) is 44.5. The molecule has 0 radical (unpaired) electrons. The lowest BCUT2D eigenvalue weighted by molar-refractivity contribution is -0.930. The van der Waals surface area contributed by atoms with Crippen molar-refractivity contribution in [2.24, 2.45) is 40.4 Å². The van der Waals surface area contributed by atoms with Crippen LogP contribution in [0.3, 0.4) is 0 Å². The molecule has 5 fully saturated rings. The number of ether oxygens (including phenoxy) is 3. The van der Waals surface area contributed by atoms with Crippen molar-refractivity contribution in [2.45, 2.75) is 168 Å². The molecule has 0 aromatic heterocycles. The molecule has 1 heterocycles. The van der Waals surface area contributed by atoms with Gasteiger partial charge in [0.2, 0.25) is 0 Å². The van der Waals surface area contributed by atoms with E-state index in [4.69, 9.17) is 18.7 Å². The van der Waals surface area contributed by atoms with Crippen molar-refractivity contribution < 1.29 is 62.2 Å². The maximum Gasteiger partial charge on any atom is 0.524 e. The summed E-state index contributed by atoms with van der Waals surface area (Å²) in [6.45, 7) is 11.8. The van der Waals surface area contributed by atoms with Crippen molar-refractivity contribution in [2.75, 3.05) is 45.9 Å². The molecule has 0 bridgehead atoms. The molecule has 4 saturated carbocycles. The number of unbranched alkanes of at least 4 members (excludes halogenated alkanes) is 4. The maximum atomic E-state index is 15.1. The second kappa shape index (κ2) is 24.9. The number of nitrogens with zero attached hydrogens (tertiary/aromatic N) is 1. The van der Waals surface area contributed by atoms with Gasteiger partial charge in [0.1, 0.15) is 24.6 Å². The molecule has 2 aromatic carbocycles. The Labute approximate surface area is 439 Å². The Morgan fingerprint density at radius 2 is 1.62 bits per heavy atom. The lowest BCUT2D eigenvalue weighted by Crippen LogP contribution is -2.58. The molecule has 6 aliphatic rings. The van der Waals surface area contributed by atoms with Crippen molar-refractivity contribution in [1.29, 1.82) is 0 Å². The zero-order chi connectivity index (χ0) is 52.7. The van der Waals surface area contributed by atoms with Crippen LogP contribution in [0, 0.1) is 40.4 Å². The number of hydrogen-bond acceptors (Lipinski definition) is 11. The minimum atomic E-state index is -4.98. The summed E-state index contributed by atoms with van der Waals surface area (Å²) in [5.74, 6) is -1.23. The van der Waals surface area contributed by atoms with E-state index in [0.717, 1.165) is 109 Å². The van der Waals surface area contributed by atoms with Crippen molar-refractivity contribution >= 4 is 25.2 Å². The molecule has 0 amide bonds. The van der Waals surface area contributed by atoms with Gasteiger partial charge in [0, 0.05) is 42.6 Å². The van der Waals surface area contributed by atoms with Gasteiger partial charge in [0.15, 0.2) is 17.9 Å². The Balaban J connectivity index is 0.892. The van der Waals surface area contributed by atoms with E-state index in [1.54, 1.807) is 24.3 Å². The Hall–Kier alpha value is -3.40. The number of hydrogen-bond donors (Lipinski definition) is 5. The van der Waals surface area contributed by atoms with Gasteiger partial charge < -0.3 is 38.7 Å². The largest absolute Gasteiger partial charge is 0.524 e. The van der Waals surface area contributed by atoms with Gasteiger partial charge in [-0.05, 0) is 137 Å². The van der Waals surface area contributed by atoms with Gasteiger partial charge in [0.25, 0.3) is 0 Å². The predicted molar refractivity (Wildman–Crippen MR) is 283 cm³/mol. The van der Waals surface area contributed by atoms with Crippen molar-refractivity contribution in [3.05, 3.63) is 89.0 Å². The zero-order valence-corrected chi connectivity index (χ0v) is 45.4. The number of aliphatic hydroxyl groups is 2. The van der Waals surface area contributed by atoms with Gasteiger partial charge in [-0.1, -0.05) is 94.0 Å². The van der Waals surface area contributed by atoms with Crippen molar-refractivity contribution in [3.63, 3.8) is 0 Å². The van der Waals surface area contributed by atoms with Crippen LogP contribution in [-0.2, 0) is 46.1 Å². The quantitative estimate of drug-likeness (QED) is 0.0246. The van der Waals surface area contributed by atoms with Crippen LogP contribution in [0.2, 0.25) is 0 Å². The maximum absolute atomic E-state index is 15.1. The highest BCUT2D eigenvalue weighted by Gasteiger charge is 2.71. The summed E-state index contributed by atoms with van der Waals surface area (Å²) in [7, 11) is -4.98. The van der Waals surface area contributed by atoms with E-state index in [9.17, 15) is 34.2 Å². The number of nitrogens with one attached hydrogen (secondary N) is 1. The second-order valence-electron chi connectivity index (χ2n) is 23.3. The fourth-order valence-corrected chi connectivity index (χ4v) is 15.1. The summed E-state index contributed by atoms with van der Waals surface area (Å²) in [6, 6.07) is 15.3. The number of phosphoric acid groups is 1. The lowest BCUT2D eigenvalue weighted by atomic mass is 9.46. The Kier molecular flexibility index (Phi) is 19.1. The summed E-state index contributed by atoms with van der Waals surface area (Å²) in [5, 5.41) is 26.9. The van der Waals surface area contributed by atoms with Gasteiger partial charge in [-0.15, -0.1) is 0 Å². The van der Waals surface area contributed by atoms with Crippen LogP contribution in [0.15, 0.2) is 72.3 Å². The average molecular weight is 1050 g/mol. The average Bonchev–Trinajstić information content (AvgIpc) is 3.89. The third-order valence-corrected chi connectivity index (χ3v) is 18.9. The van der Waals surface area contributed by atoms with Crippen LogP contribution in [0.5, 0.6) is 5.75 Å². The predicted octanol–water partition coefficient (Wildman–Crippen LogP) is 9.07. The number of carbonyl (C=O) groups excluding carboxylic acids is 3. The molecule has 11 atom stereocenters. The summed E-state index contributed by atoms with van der Waals surface area (Å²) in [4.78, 5) is 62.0. The van der Waals surface area contributed by atoms with Crippen molar-refractivity contribution in [1.82, 2.24) is 5.32 Å². The number of carbonyl (C=O) groups is 3. The normalized spacial score (nSPS) is 30.3. The number of Topliss-reactive ketones (excluding diaryl/α,β-unsaturated/α-hetero) is 2. The van der Waals surface area contributed by atoms with Gasteiger partial charge in [-0.3, -0.25) is 24.2 Å². The fourth-order valence-electron chi connectivity index (χ4n) is 14.6. The molecule has 2 aromatic rings. The molecule has 74 heavy (non-hydrogen) atoms. The van der Waals surface area contributed by atoms with Crippen LogP contribution in [0.4, 0.5) is 0 Å². The van der Waals surface area contributed by atoms with E-state index in [1.165, 1.54) is 18.1 Å². The van der Waals surface area contributed by atoms with E-state index >= 15 is 4.79 Å². The first-order valence-electron chi connectivity index (χ1n) is 28.2. The Morgan fingerprint density at radius 1 is 0.905 bits per heavy atom. The van der Waals surface area contributed by atoms with E-state index in [1.807, 2.05) is 26.0 Å². The van der Waals surface area contributed by atoms with Gasteiger partial charge >= 0.3 is 7.82 Å². The van der Waals surface area contributed by atoms with Crippen molar-refractivity contribution in [3.8, 4) is 5.75 Å². The van der Waals surface area contributed by atoms with E-state index < -0.39 is 49.2 Å². The Bertz CT molecular complexity index is 2340. The number of fused-ring (bicyclic) bond motifs is 7. The summed E-state index contributed by atoms with van der Waals surface area (Å²) in [5.41, 5.74) is 2.19. The first-order valence-corrected chi connectivity index (χ1v) is 29.7. The lowest BCUT2D eigenvalue weighted by Gasteiger charge is -2.59. The minimum Gasteiger partial charge on any atom is -0.404 e. The summed E-state index contributed by atoms with van der Waals surface area (Å²) in [6.07, 6.45) is 16.5. The topological polar surface area (TPSA) is 198 Å². The molecule has 1 aliphatic heterocycles. The molecule has 15 heteroatoms. The third kappa shape index (κ3) is 13.1. The van der Waals surface area contributed by atoms with Crippen LogP contribution in [0.25, 0.3) is 0 Å². The second-order valence-corrected chi connectivity index (χ2v) is 24.4. The molecule has 6 unspecified atom stereocenters. The van der Waals surface area contributed by atoms with Gasteiger partial charge in [0.05, 0.1) is 49.8 Å². The monoisotopic (exact) mass is 1050 g/mol. The molecule has 1 saturated heterocycles. The highest BCUT2D eigenvalue weighted by molar-refractivity contribution is 7.46. The number of likely N-dealkylation sites (N-methyl/N-ethyl adjacent to an activating group) is 1. The number of allylic oxidation sites excluding steroid dienone is 4. The van der Waals surface area contributed by atoms with Crippen LogP contribution < -0.4 is 9.84 Å². The molecular formula is C59H86N2O12P+. The highest BCUT2D eigenvalue weighted by Crippen LogP contribution is 2.68. The fraction of sp³-hybridized carbons (Fsp3) is 0.678. The molecule has 5 N–H and O–H groups in total. The number of phosphoric ester groups is 1. The van der Waals surface area contributed by atoms with E-state index in [0.29, 0.717) is 30.6 Å². The van der Waals surface area contributed by atoms with E-state index in [2.05, 4.69) is 43.4 Å². The number of rotatable bonds is 27. The smallest absolute Gasteiger partial charge is 0.404 e. The third-order valence-electron chi connectivity index (χ3n) is 18.5. The minimum absolute atomic E-state index is 0.00411. The van der Waals surface area contributed by atoms with Gasteiger partial charge in [-0.2, -0.15) is 0 Å².